The number of likely N-dealkylation sites (N-methyl/N-ethyl adjacent to an activating group) is 1. The Balaban J connectivity index is 1.56. The van der Waals surface area contributed by atoms with E-state index in [9.17, 15) is 9.90 Å². The summed E-state index contributed by atoms with van der Waals surface area (Å²) in [5, 5.41) is 13.1. The summed E-state index contributed by atoms with van der Waals surface area (Å²) < 4.78 is 5.92. The summed E-state index contributed by atoms with van der Waals surface area (Å²) in [6.45, 7) is 7.17. The molecule has 190 valence electrons. The van der Waals surface area contributed by atoms with Crippen LogP contribution in [0.25, 0.3) is 33.1 Å². The van der Waals surface area contributed by atoms with Crippen molar-refractivity contribution in [2.75, 3.05) is 58.3 Å². The van der Waals surface area contributed by atoms with Gasteiger partial charge in [0.2, 0.25) is 5.91 Å². The van der Waals surface area contributed by atoms with Crippen LogP contribution in [0.2, 0.25) is 0 Å². The first-order valence-corrected chi connectivity index (χ1v) is 12.3. The third-order valence-electron chi connectivity index (χ3n) is 6.48. The van der Waals surface area contributed by atoms with Gasteiger partial charge in [0.25, 0.3) is 0 Å². The highest BCUT2D eigenvalue weighted by Gasteiger charge is 2.24. The number of carbonyl (C=O) groups excluding carboxylic acids is 1. The molecule has 4 aromatic rings. The summed E-state index contributed by atoms with van der Waals surface area (Å²) >= 11 is 0. The zero-order chi connectivity index (χ0) is 25.9. The van der Waals surface area contributed by atoms with Gasteiger partial charge < -0.3 is 24.5 Å². The Morgan fingerprint density at radius 1 is 1.05 bits per heavy atom. The van der Waals surface area contributed by atoms with Crippen molar-refractivity contribution in [3.8, 4) is 23.0 Å². The van der Waals surface area contributed by atoms with Gasteiger partial charge in [-0.3, -0.25) is 4.79 Å². The summed E-state index contributed by atoms with van der Waals surface area (Å²) in [6.07, 6.45) is 1.35. The maximum absolute atomic E-state index is 12.1. The number of anilines is 1. The van der Waals surface area contributed by atoms with Crippen molar-refractivity contribution < 1.29 is 14.6 Å². The number of carbonyl (C=O) groups is 1. The van der Waals surface area contributed by atoms with Gasteiger partial charge in [0.05, 0.1) is 11.1 Å². The summed E-state index contributed by atoms with van der Waals surface area (Å²) in [5.41, 5.74) is 2.04. The molecule has 0 unspecified atom stereocenters. The van der Waals surface area contributed by atoms with E-state index < -0.39 is 0 Å². The number of phenols is 1. The molecule has 9 nitrogen and oxygen atoms in total. The van der Waals surface area contributed by atoms with Crippen molar-refractivity contribution >= 4 is 33.5 Å². The van der Waals surface area contributed by atoms with Gasteiger partial charge in [-0.05, 0) is 55.2 Å². The van der Waals surface area contributed by atoms with Crippen LogP contribution in [0, 0.1) is 0 Å². The van der Waals surface area contributed by atoms with Crippen LogP contribution in [0.4, 0.5) is 5.82 Å². The maximum Gasteiger partial charge on any atom is 0.320 e. The zero-order valence-corrected chi connectivity index (χ0v) is 21.1. The Hall–Kier alpha value is -4.24. The van der Waals surface area contributed by atoms with E-state index in [1.54, 1.807) is 17.0 Å². The molecule has 9 heteroatoms. The Morgan fingerprint density at radius 3 is 2.59 bits per heavy atom. The molecule has 2 aromatic carbocycles. The molecule has 0 bridgehead atoms. The van der Waals surface area contributed by atoms with Gasteiger partial charge >= 0.3 is 6.01 Å². The quantitative estimate of drug-likeness (QED) is 0.388. The number of amides is 1. The number of pyridine rings is 1. The van der Waals surface area contributed by atoms with Gasteiger partial charge in [0.1, 0.15) is 18.2 Å². The number of aromatic nitrogens is 3. The van der Waals surface area contributed by atoms with Crippen molar-refractivity contribution in [3.63, 3.8) is 0 Å². The van der Waals surface area contributed by atoms with Crippen molar-refractivity contribution in [2.45, 2.75) is 0 Å². The van der Waals surface area contributed by atoms with E-state index in [1.807, 2.05) is 55.4 Å². The fourth-order valence-electron chi connectivity index (χ4n) is 4.52. The Labute approximate surface area is 215 Å². The SMILES string of the molecule is C=CC(=O)N1CCN(c2nc(OCCN(C)C)nc3nc(-c4cc(O)cc5ccccc45)ccc23)CC1. The first-order chi connectivity index (χ1) is 17.9. The van der Waals surface area contributed by atoms with Crippen molar-refractivity contribution in [1.29, 1.82) is 0 Å². The number of phenolic OH excluding ortho intramolecular Hbond substituents is 1. The maximum atomic E-state index is 12.1. The highest BCUT2D eigenvalue weighted by Crippen LogP contribution is 2.34. The number of hydrogen-bond donors (Lipinski definition) is 1. The van der Waals surface area contributed by atoms with Gasteiger partial charge in [0.15, 0.2) is 5.65 Å². The van der Waals surface area contributed by atoms with Crippen LogP contribution in [0.5, 0.6) is 11.8 Å². The van der Waals surface area contributed by atoms with Crippen molar-refractivity contribution in [2.24, 2.45) is 0 Å². The van der Waals surface area contributed by atoms with Crippen molar-refractivity contribution in [3.05, 3.63) is 61.2 Å². The number of piperazine rings is 1. The lowest BCUT2D eigenvalue weighted by Crippen LogP contribution is -2.48. The normalized spacial score (nSPS) is 13.9. The van der Waals surface area contributed by atoms with E-state index in [2.05, 4.69) is 16.5 Å². The second-order valence-electron chi connectivity index (χ2n) is 9.28. The average molecular weight is 499 g/mol. The van der Waals surface area contributed by atoms with Crippen LogP contribution >= 0.6 is 0 Å². The fourth-order valence-corrected chi connectivity index (χ4v) is 4.52. The smallest absolute Gasteiger partial charge is 0.320 e. The second-order valence-corrected chi connectivity index (χ2v) is 9.28. The van der Waals surface area contributed by atoms with Gasteiger partial charge in [0, 0.05) is 38.3 Å². The standard InChI is InChI=1S/C28H30N6O3/c1-4-25(36)33-11-13-34(14-12-33)27-22-9-10-24(23-18-20(35)17-19-7-5-6-8-21(19)23)29-26(22)30-28(31-27)37-16-15-32(2)3/h4-10,17-18,35H,1,11-16H2,2-3H3. The van der Waals surface area contributed by atoms with E-state index in [4.69, 9.17) is 14.7 Å². The Bertz CT molecular complexity index is 1460. The molecule has 0 spiro atoms. The summed E-state index contributed by atoms with van der Waals surface area (Å²) in [5.74, 6) is 0.846. The second kappa shape index (κ2) is 10.4. The largest absolute Gasteiger partial charge is 0.508 e. The number of hydrogen-bond acceptors (Lipinski definition) is 8. The number of ether oxygens (including phenoxy) is 1. The lowest BCUT2D eigenvalue weighted by molar-refractivity contribution is -0.126. The minimum atomic E-state index is -0.0652. The zero-order valence-electron chi connectivity index (χ0n) is 21.1. The summed E-state index contributed by atoms with van der Waals surface area (Å²) in [6, 6.07) is 15.5. The monoisotopic (exact) mass is 498 g/mol. The van der Waals surface area contributed by atoms with Crippen LogP contribution < -0.4 is 9.64 Å². The Kier molecular flexibility index (Phi) is 6.87. The van der Waals surface area contributed by atoms with Crippen molar-refractivity contribution in [1.82, 2.24) is 24.8 Å². The molecule has 1 N–H and O–H groups in total. The number of nitrogens with zero attached hydrogens (tertiary/aromatic N) is 6. The molecule has 3 heterocycles. The van der Waals surface area contributed by atoms with Gasteiger partial charge in [-0.1, -0.05) is 30.8 Å². The van der Waals surface area contributed by atoms with Gasteiger partial charge in [-0.2, -0.15) is 9.97 Å². The molecule has 2 aromatic heterocycles. The van der Waals surface area contributed by atoms with Crippen LogP contribution in [0.3, 0.4) is 0 Å². The number of benzene rings is 2. The highest BCUT2D eigenvalue weighted by molar-refractivity contribution is 5.98. The van der Waals surface area contributed by atoms with Crippen LogP contribution in [-0.2, 0) is 4.79 Å². The molecule has 0 aliphatic carbocycles. The molecule has 0 atom stereocenters. The number of aromatic hydroxyl groups is 1. The number of rotatable bonds is 7. The predicted molar refractivity (Wildman–Crippen MR) is 145 cm³/mol. The molecule has 0 radical (unpaired) electrons. The Morgan fingerprint density at radius 2 is 1.84 bits per heavy atom. The van der Waals surface area contributed by atoms with Crippen LogP contribution in [-0.4, -0.2) is 89.2 Å². The number of fused-ring (bicyclic) bond motifs is 2. The minimum absolute atomic E-state index is 0.0652. The molecule has 1 saturated heterocycles. The van der Waals surface area contributed by atoms with E-state index in [1.165, 1.54) is 6.08 Å². The lowest BCUT2D eigenvalue weighted by atomic mass is 10.0. The summed E-state index contributed by atoms with van der Waals surface area (Å²) in [7, 11) is 3.96. The first-order valence-electron chi connectivity index (χ1n) is 12.3. The molecular weight excluding hydrogens is 468 g/mol. The highest BCUT2D eigenvalue weighted by atomic mass is 16.5. The van der Waals surface area contributed by atoms with Gasteiger partial charge in [-0.15, -0.1) is 0 Å². The fraction of sp³-hybridized carbons (Fsp3) is 0.286. The molecule has 1 amide bonds. The van der Waals surface area contributed by atoms with E-state index in [-0.39, 0.29) is 17.7 Å². The molecule has 5 rings (SSSR count). The molecule has 1 aliphatic rings. The predicted octanol–water partition coefficient (Wildman–Crippen LogP) is 3.33. The third-order valence-corrected chi connectivity index (χ3v) is 6.48. The van der Waals surface area contributed by atoms with Crippen LogP contribution in [0.15, 0.2) is 61.2 Å². The lowest BCUT2D eigenvalue weighted by Gasteiger charge is -2.35. The third kappa shape index (κ3) is 5.17. The van der Waals surface area contributed by atoms with E-state index in [0.29, 0.717) is 44.1 Å². The van der Waals surface area contributed by atoms with Gasteiger partial charge in [-0.25, -0.2) is 4.98 Å². The molecular formula is C28H30N6O3. The summed E-state index contributed by atoms with van der Waals surface area (Å²) in [4.78, 5) is 32.3. The van der Waals surface area contributed by atoms with E-state index in [0.717, 1.165) is 34.1 Å². The molecule has 1 aliphatic heterocycles. The topological polar surface area (TPSA) is 94.9 Å². The minimum Gasteiger partial charge on any atom is -0.508 e. The first kappa shape index (κ1) is 24.5. The van der Waals surface area contributed by atoms with Crippen LogP contribution in [0.1, 0.15) is 0 Å². The molecule has 0 saturated carbocycles. The molecule has 37 heavy (non-hydrogen) atoms. The molecule has 1 fully saturated rings. The average Bonchev–Trinajstić information content (AvgIpc) is 2.91. The van der Waals surface area contributed by atoms with E-state index >= 15 is 0 Å².